The fraction of sp³-hybridized carbons (Fsp3) is 0.350. The predicted molar refractivity (Wildman–Crippen MR) is 94.8 cm³/mol. The van der Waals surface area contributed by atoms with E-state index in [1.54, 1.807) is 29.4 Å². The Bertz CT molecular complexity index is 791. The minimum atomic E-state index is -0.138. The summed E-state index contributed by atoms with van der Waals surface area (Å²) < 4.78 is 5.32. The molecule has 26 heavy (non-hydrogen) atoms. The lowest BCUT2D eigenvalue weighted by atomic mass is 10.1. The Morgan fingerprint density at radius 1 is 1.27 bits per heavy atom. The maximum atomic E-state index is 12.8. The molecule has 0 spiro atoms. The van der Waals surface area contributed by atoms with Crippen molar-refractivity contribution < 1.29 is 14.0 Å². The van der Waals surface area contributed by atoms with Crippen LogP contribution < -0.4 is 0 Å². The van der Waals surface area contributed by atoms with Gasteiger partial charge < -0.3 is 14.2 Å². The molecule has 1 aromatic carbocycles. The van der Waals surface area contributed by atoms with E-state index in [0.29, 0.717) is 37.4 Å². The molecule has 1 aliphatic rings. The van der Waals surface area contributed by atoms with E-state index < -0.39 is 0 Å². The molecule has 1 fully saturated rings. The van der Waals surface area contributed by atoms with Crippen molar-refractivity contribution in [3.8, 4) is 6.07 Å². The third-order valence-electron chi connectivity index (χ3n) is 4.45. The van der Waals surface area contributed by atoms with E-state index in [0.717, 1.165) is 18.5 Å². The third kappa shape index (κ3) is 4.31. The van der Waals surface area contributed by atoms with Gasteiger partial charge in [-0.1, -0.05) is 12.1 Å². The Balaban J connectivity index is 1.67. The smallest absolute Gasteiger partial charge is 0.254 e. The van der Waals surface area contributed by atoms with E-state index >= 15 is 0 Å². The summed E-state index contributed by atoms with van der Waals surface area (Å²) in [6.45, 7) is 2.06. The molecule has 0 atom stereocenters. The minimum absolute atomic E-state index is 0.138. The Morgan fingerprint density at radius 3 is 2.69 bits per heavy atom. The molecule has 6 nitrogen and oxygen atoms in total. The van der Waals surface area contributed by atoms with Gasteiger partial charge in [0.05, 0.1) is 25.3 Å². The first kappa shape index (κ1) is 17.7. The second-order valence-electron chi connectivity index (χ2n) is 6.33. The van der Waals surface area contributed by atoms with Gasteiger partial charge in [-0.25, -0.2) is 0 Å². The van der Waals surface area contributed by atoms with Crippen molar-refractivity contribution in [2.24, 2.45) is 0 Å². The number of carbonyl (C=O) groups is 2. The van der Waals surface area contributed by atoms with Crippen LogP contribution in [0.15, 0.2) is 47.1 Å². The lowest BCUT2D eigenvalue weighted by Crippen LogP contribution is -2.31. The summed E-state index contributed by atoms with van der Waals surface area (Å²) >= 11 is 0. The topological polar surface area (TPSA) is 77.6 Å². The van der Waals surface area contributed by atoms with Crippen molar-refractivity contribution in [1.29, 1.82) is 5.26 Å². The fourth-order valence-corrected chi connectivity index (χ4v) is 3.05. The highest BCUT2D eigenvalue weighted by molar-refractivity contribution is 5.94. The molecule has 1 saturated heterocycles. The second kappa shape index (κ2) is 8.34. The van der Waals surface area contributed by atoms with Gasteiger partial charge in [-0.3, -0.25) is 9.59 Å². The van der Waals surface area contributed by atoms with Gasteiger partial charge in [0.2, 0.25) is 5.91 Å². The molecular formula is C20H21N3O3. The normalized spacial score (nSPS) is 13.7. The number of nitriles is 1. The standard InChI is InChI=1S/C20H21N3O3/c21-10-3-12-23(15-18-4-2-13-26-18)20(25)17-8-6-16(7-9-17)14-22-11-1-5-19(22)24/h2,4,6-9,13H,1,3,5,11-12,14-15H2. The highest BCUT2D eigenvalue weighted by Gasteiger charge is 2.21. The Hall–Kier alpha value is -3.07. The Labute approximate surface area is 152 Å². The van der Waals surface area contributed by atoms with Crippen molar-refractivity contribution in [3.63, 3.8) is 0 Å². The summed E-state index contributed by atoms with van der Waals surface area (Å²) in [7, 11) is 0. The summed E-state index contributed by atoms with van der Waals surface area (Å²) in [6.07, 6.45) is 3.37. The molecule has 0 unspecified atom stereocenters. The van der Waals surface area contributed by atoms with Gasteiger partial charge in [0.1, 0.15) is 5.76 Å². The molecule has 0 N–H and O–H groups in total. The highest BCUT2D eigenvalue weighted by Crippen LogP contribution is 2.16. The number of likely N-dealkylation sites (tertiary alicyclic amines) is 1. The first-order valence-corrected chi connectivity index (χ1v) is 8.72. The van der Waals surface area contributed by atoms with Gasteiger partial charge in [0.25, 0.3) is 5.91 Å². The molecule has 0 saturated carbocycles. The van der Waals surface area contributed by atoms with Crippen LogP contribution in [0.3, 0.4) is 0 Å². The Kier molecular flexibility index (Phi) is 5.69. The zero-order valence-electron chi connectivity index (χ0n) is 14.6. The highest BCUT2D eigenvalue weighted by atomic mass is 16.3. The summed E-state index contributed by atoms with van der Waals surface area (Å²) in [4.78, 5) is 28.0. The van der Waals surface area contributed by atoms with Crippen molar-refractivity contribution >= 4 is 11.8 Å². The number of hydrogen-bond acceptors (Lipinski definition) is 4. The molecule has 2 heterocycles. The van der Waals surface area contributed by atoms with Crippen LogP contribution in [0.25, 0.3) is 0 Å². The molecule has 0 aliphatic carbocycles. The molecule has 0 radical (unpaired) electrons. The zero-order chi connectivity index (χ0) is 18.4. The summed E-state index contributed by atoms with van der Waals surface area (Å²) in [6, 6.07) is 13.0. The van der Waals surface area contributed by atoms with E-state index in [-0.39, 0.29) is 18.2 Å². The first-order chi connectivity index (χ1) is 12.7. The van der Waals surface area contributed by atoms with Crippen LogP contribution >= 0.6 is 0 Å². The van der Waals surface area contributed by atoms with Gasteiger partial charge >= 0.3 is 0 Å². The van der Waals surface area contributed by atoms with Crippen LogP contribution in [0.2, 0.25) is 0 Å². The van der Waals surface area contributed by atoms with Gasteiger partial charge in [-0.15, -0.1) is 0 Å². The molecular weight excluding hydrogens is 330 g/mol. The molecule has 134 valence electrons. The maximum Gasteiger partial charge on any atom is 0.254 e. The number of carbonyl (C=O) groups excluding carboxylic acids is 2. The summed E-state index contributed by atoms with van der Waals surface area (Å²) in [5.41, 5.74) is 1.57. The van der Waals surface area contributed by atoms with Crippen LogP contribution in [-0.2, 0) is 17.9 Å². The zero-order valence-corrected chi connectivity index (χ0v) is 14.6. The maximum absolute atomic E-state index is 12.8. The monoisotopic (exact) mass is 351 g/mol. The number of amides is 2. The van der Waals surface area contributed by atoms with Crippen LogP contribution in [0, 0.1) is 11.3 Å². The van der Waals surface area contributed by atoms with E-state index in [1.807, 2.05) is 23.1 Å². The van der Waals surface area contributed by atoms with E-state index in [2.05, 4.69) is 6.07 Å². The van der Waals surface area contributed by atoms with E-state index in [1.165, 1.54) is 0 Å². The number of rotatable bonds is 7. The number of benzene rings is 1. The van der Waals surface area contributed by atoms with Crippen LogP contribution in [0.5, 0.6) is 0 Å². The molecule has 3 rings (SSSR count). The van der Waals surface area contributed by atoms with E-state index in [4.69, 9.17) is 9.68 Å². The molecule has 2 aromatic rings. The molecule has 0 bridgehead atoms. The predicted octanol–water partition coefficient (Wildman–Crippen LogP) is 2.96. The minimum Gasteiger partial charge on any atom is -0.467 e. The molecule has 1 aliphatic heterocycles. The Morgan fingerprint density at radius 2 is 2.08 bits per heavy atom. The van der Waals surface area contributed by atoms with Crippen LogP contribution in [0.1, 0.15) is 40.9 Å². The van der Waals surface area contributed by atoms with E-state index in [9.17, 15) is 9.59 Å². The van der Waals surface area contributed by atoms with Gasteiger partial charge in [-0.2, -0.15) is 5.26 Å². The van der Waals surface area contributed by atoms with Crippen molar-refractivity contribution in [2.75, 3.05) is 13.1 Å². The average molecular weight is 351 g/mol. The van der Waals surface area contributed by atoms with Crippen LogP contribution in [-0.4, -0.2) is 34.7 Å². The fourth-order valence-electron chi connectivity index (χ4n) is 3.05. The third-order valence-corrected chi connectivity index (χ3v) is 4.45. The average Bonchev–Trinajstić information content (AvgIpc) is 3.31. The van der Waals surface area contributed by atoms with Crippen LogP contribution in [0.4, 0.5) is 0 Å². The number of nitrogens with zero attached hydrogens (tertiary/aromatic N) is 3. The van der Waals surface area contributed by atoms with Crippen molar-refractivity contribution in [2.45, 2.75) is 32.4 Å². The number of hydrogen-bond donors (Lipinski definition) is 0. The number of furan rings is 1. The van der Waals surface area contributed by atoms with Gasteiger partial charge in [-0.05, 0) is 36.2 Å². The van der Waals surface area contributed by atoms with Gasteiger partial charge in [0.15, 0.2) is 0 Å². The molecule has 6 heteroatoms. The molecule has 1 aromatic heterocycles. The summed E-state index contributed by atoms with van der Waals surface area (Å²) in [5.74, 6) is 0.729. The summed E-state index contributed by atoms with van der Waals surface area (Å²) in [5, 5.41) is 8.84. The van der Waals surface area contributed by atoms with Crippen molar-refractivity contribution in [1.82, 2.24) is 9.80 Å². The SMILES string of the molecule is N#CCCN(Cc1ccco1)C(=O)c1ccc(CN2CCCC2=O)cc1. The first-order valence-electron chi connectivity index (χ1n) is 8.72. The largest absolute Gasteiger partial charge is 0.467 e. The van der Waals surface area contributed by atoms with Gasteiger partial charge in [0, 0.05) is 31.6 Å². The lowest BCUT2D eigenvalue weighted by molar-refractivity contribution is -0.128. The molecule has 2 amide bonds. The van der Waals surface area contributed by atoms with Crippen molar-refractivity contribution in [3.05, 3.63) is 59.5 Å². The quantitative estimate of drug-likeness (QED) is 0.768. The second-order valence-corrected chi connectivity index (χ2v) is 6.33. The lowest BCUT2D eigenvalue weighted by Gasteiger charge is -2.21.